The lowest BCUT2D eigenvalue weighted by Crippen LogP contribution is -2.03. The van der Waals surface area contributed by atoms with Gasteiger partial charge in [-0.15, -0.1) is 10.2 Å². The van der Waals surface area contributed by atoms with Crippen molar-refractivity contribution in [2.45, 2.75) is 37.1 Å². The Morgan fingerprint density at radius 1 is 1.38 bits per heavy atom. The van der Waals surface area contributed by atoms with Crippen molar-refractivity contribution in [3.63, 3.8) is 0 Å². The Morgan fingerprint density at radius 2 is 2.00 bits per heavy atom. The molecule has 0 aliphatic heterocycles. The van der Waals surface area contributed by atoms with E-state index in [1.54, 1.807) is 11.8 Å². The molecule has 74 valence electrons. The van der Waals surface area contributed by atoms with Crippen molar-refractivity contribution in [2.24, 2.45) is 7.05 Å². The van der Waals surface area contributed by atoms with Crippen LogP contribution >= 0.6 is 11.8 Å². The first kappa shape index (κ1) is 10.4. The largest absolute Gasteiger partial charge is 0.368 e. The third kappa shape index (κ3) is 2.37. The molecule has 0 fully saturated rings. The summed E-state index contributed by atoms with van der Waals surface area (Å²) < 4.78 is 1.82. The molecule has 0 saturated carbocycles. The standard InChI is InChI=1S/C8H16N4S/c1-4-6(5-2)13-8-11-10-7(9)12(8)3/h6H,4-5H2,1-3H3,(H2,9,10). The predicted octanol–water partition coefficient (Wildman–Crippen LogP) is 1.68. The maximum absolute atomic E-state index is 5.58. The molecular formula is C8H16N4S. The highest BCUT2D eigenvalue weighted by atomic mass is 32.2. The molecule has 0 aliphatic carbocycles. The van der Waals surface area contributed by atoms with E-state index in [2.05, 4.69) is 24.0 Å². The number of rotatable bonds is 4. The number of hydrogen-bond acceptors (Lipinski definition) is 4. The summed E-state index contributed by atoms with van der Waals surface area (Å²) in [6.45, 7) is 4.36. The summed E-state index contributed by atoms with van der Waals surface area (Å²) in [5.41, 5.74) is 5.58. The first-order valence-corrected chi connectivity index (χ1v) is 5.38. The van der Waals surface area contributed by atoms with Crippen LogP contribution in [0.4, 0.5) is 5.95 Å². The third-order valence-electron chi connectivity index (χ3n) is 2.05. The number of nitrogen functional groups attached to an aromatic ring is 1. The highest BCUT2D eigenvalue weighted by molar-refractivity contribution is 7.99. The van der Waals surface area contributed by atoms with Crippen LogP contribution in [0.1, 0.15) is 26.7 Å². The van der Waals surface area contributed by atoms with Gasteiger partial charge in [0.1, 0.15) is 0 Å². The highest BCUT2D eigenvalue weighted by Crippen LogP contribution is 2.25. The number of anilines is 1. The van der Waals surface area contributed by atoms with Gasteiger partial charge in [0.15, 0.2) is 5.16 Å². The number of hydrogen-bond donors (Lipinski definition) is 1. The molecule has 0 unspecified atom stereocenters. The van der Waals surface area contributed by atoms with Gasteiger partial charge in [0.05, 0.1) is 0 Å². The molecular weight excluding hydrogens is 184 g/mol. The van der Waals surface area contributed by atoms with Gasteiger partial charge in [-0.05, 0) is 12.8 Å². The molecule has 0 aromatic carbocycles. The van der Waals surface area contributed by atoms with Gasteiger partial charge in [-0.1, -0.05) is 25.6 Å². The van der Waals surface area contributed by atoms with E-state index in [1.807, 2.05) is 11.6 Å². The van der Waals surface area contributed by atoms with Gasteiger partial charge in [0.25, 0.3) is 0 Å². The zero-order chi connectivity index (χ0) is 9.84. The van der Waals surface area contributed by atoms with Gasteiger partial charge in [-0.3, -0.25) is 4.57 Å². The molecule has 5 heteroatoms. The van der Waals surface area contributed by atoms with Crippen LogP contribution in [0.2, 0.25) is 0 Å². The zero-order valence-electron chi connectivity index (χ0n) is 8.32. The Morgan fingerprint density at radius 3 is 2.38 bits per heavy atom. The van der Waals surface area contributed by atoms with Crippen LogP contribution in [0.3, 0.4) is 0 Å². The van der Waals surface area contributed by atoms with Crippen molar-refractivity contribution in [3.05, 3.63) is 0 Å². The van der Waals surface area contributed by atoms with Gasteiger partial charge in [0, 0.05) is 12.3 Å². The normalized spacial score (nSPS) is 11.1. The predicted molar refractivity (Wildman–Crippen MR) is 55.6 cm³/mol. The number of nitrogens with two attached hydrogens (primary N) is 1. The summed E-state index contributed by atoms with van der Waals surface area (Å²) >= 11 is 1.75. The fourth-order valence-corrected chi connectivity index (χ4v) is 2.00. The lowest BCUT2D eigenvalue weighted by molar-refractivity contribution is 0.758. The van der Waals surface area contributed by atoms with Crippen molar-refractivity contribution in [2.75, 3.05) is 5.73 Å². The van der Waals surface area contributed by atoms with E-state index in [4.69, 9.17) is 5.73 Å². The summed E-state index contributed by atoms with van der Waals surface area (Å²) in [5.74, 6) is 0.480. The summed E-state index contributed by atoms with van der Waals surface area (Å²) in [7, 11) is 1.89. The lowest BCUT2D eigenvalue weighted by atomic mass is 10.3. The molecule has 1 rings (SSSR count). The Kier molecular flexibility index (Phi) is 3.59. The summed E-state index contributed by atoms with van der Waals surface area (Å²) in [6, 6.07) is 0. The minimum Gasteiger partial charge on any atom is -0.368 e. The van der Waals surface area contributed by atoms with E-state index in [0.29, 0.717) is 11.2 Å². The molecule has 4 nitrogen and oxygen atoms in total. The molecule has 13 heavy (non-hydrogen) atoms. The van der Waals surface area contributed by atoms with Crippen molar-refractivity contribution in [3.8, 4) is 0 Å². The quantitative estimate of drug-likeness (QED) is 0.751. The van der Waals surface area contributed by atoms with Gasteiger partial charge in [-0.25, -0.2) is 0 Å². The summed E-state index contributed by atoms with van der Waals surface area (Å²) in [5, 5.41) is 9.33. The fourth-order valence-electron chi connectivity index (χ4n) is 1.03. The van der Waals surface area contributed by atoms with Crippen molar-refractivity contribution in [1.29, 1.82) is 0 Å². The van der Waals surface area contributed by atoms with E-state index in [9.17, 15) is 0 Å². The Bertz CT molecular complexity index is 267. The first-order valence-electron chi connectivity index (χ1n) is 4.50. The van der Waals surface area contributed by atoms with E-state index >= 15 is 0 Å². The van der Waals surface area contributed by atoms with Crippen LogP contribution in [0, 0.1) is 0 Å². The molecule has 0 atom stereocenters. The topological polar surface area (TPSA) is 56.7 Å². The average molecular weight is 200 g/mol. The highest BCUT2D eigenvalue weighted by Gasteiger charge is 2.11. The number of aromatic nitrogens is 3. The maximum Gasteiger partial charge on any atom is 0.222 e. The fraction of sp³-hybridized carbons (Fsp3) is 0.750. The van der Waals surface area contributed by atoms with Crippen molar-refractivity contribution < 1.29 is 0 Å². The molecule has 1 heterocycles. The van der Waals surface area contributed by atoms with Crippen LogP contribution in [-0.2, 0) is 7.05 Å². The molecule has 2 N–H and O–H groups in total. The smallest absolute Gasteiger partial charge is 0.222 e. The SMILES string of the molecule is CCC(CC)Sc1nnc(N)n1C. The van der Waals surface area contributed by atoms with E-state index in [1.165, 1.54) is 0 Å². The Labute approximate surface area is 82.9 Å². The summed E-state index contributed by atoms with van der Waals surface area (Å²) in [6.07, 6.45) is 2.29. The van der Waals surface area contributed by atoms with Crippen LogP contribution in [0.5, 0.6) is 0 Å². The monoisotopic (exact) mass is 200 g/mol. The Balaban J connectivity index is 2.67. The molecule has 1 aromatic heterocycles. The van der Waals surface area contributed by atoms with Gasteiger partial charge in [0.2, 0.25) is 5.95 Å². The third-order valence-corrected chi connectivity index (χ3v) is 3.62. The van der Waals surface area contributed by atoms with Gasteiger partial charge in [-0.2, -0.15) is 0 Å². The Hall–Kier alpha value is -0.710. The second-order valence-electron chi connectivity index (χ2n) is 2.96. The second-order valence-corrected chi connectivity index (χ2v) is 4.22. The van der Waals surface area contributed by atoms with E-state index in [0.717, 1.165) is 18.0 Å². The molecule has 0 amide bonds. The summed E-state index contributed by atoms with van der Waals surface area (Å²) in [4.78, 5) is 0. The minimum atomic E-state index is 0.480. The number of nitrogens with zero attached hydrogens (tertiary/aromatic N) is 3. The van der Waals surface area contributed by atoms with E-state index < -0.39 is 0 Å². The number of thioether (sulfide) groups is 1. The molecule has 0 aliphatic rings. The molecule has 0 radical (unpaired) electrons. The maximum atomic E-state index is 5.58. The lowest BCUT2D eigenvalue weighted by Gasteiger charge is -2.09. The van der Waals surface area contributed by atoms with Gasteiger partial charge >= 0.3 is 0 Å². The average Bonchev–Trinajstić information content (AvgIpc) is 2.45. The van der Waals surface area contributed by atoms with Crippen LogP contribution in [0.15, 0.2) is 5.16 Å². The van der Waals surface area contributed by atoms with Crippen molar-refractivity contribution >= 4 is 17.7 Å². The van der Waals surface area contributed by atoms with Gasteiger partial charge < -0.3 is 5.73 Å². The first-order chi connectivity index (χ1) is 6.19. The van der Waals surface area contributed by atoms with Crippen LogP contribution < -0.4 is 5.73 Å². The molecule has 0 spiro atoms. The molecule has 0 bridgehead atoms. The minimum absolute atomic E-state index is 0.480. The zero-order valence-corrected chi connectivity index (χ0v) is 9.14. The van der Waals surface area contributed by atoms with E-state index in [-0.39, 0.29) is 0 Å². The molecule has 1 aromatic rings. The van der Waals surface area contributed by atoms with Crippen LogP contribution in [-0.4, -0.2) is 20.0 Å². The van der Waals surface area contributed by atoms with Crippen molar-refractivity contribution in [1.82, 2.24) is 14.8 Å². The second kappa shape index (κ2) is 4.50. The molecule has 0 saturated heterocycles. The van der Waals surface area contributed by atoms with Crippen LogP contribution in [0.25, 0.3) is 0 Å².